The van der Waals surface area contributed by atoms with Crippen LogP contribution in [0.1, 0.15) is 28.8 Å². The number of hydrogen-bond donors (Lipinski definition) is 0. The third-order valence-electron chi connectivity index (χ3n) is 4.69. The van der Waals surface area contributed by atoms with Gasteiger partial charge in [0.2, 0.25) is 0 Å². The number of nitrogens with zero attached hydrogens (tertiary/aromatic N) is 1. The lowest BCUT2D eigenvalue weighted by Gasteiger charge is -2.41. The van der Waals surface area contributed by atoms with Gasteiger partial charge in [-0.25, -0.2) is 4.79 Å². The Morgan fingerprint density at radius 3 is 2.33 bits per heavy atom. The van der Waals surface area contributed by atoms with Crippen LogP contribution in [0.4, 0.5) is 30.7 Å². The Kier molecular flexibility index (Phi) is 4.20. The van der Waals surface area contributed by atoms with Crippen molar-refractivity contribution >= 4 is 11.9 Å². The third-order valence-corrected chi connectivity index (χ3v) is 4.69. The minimum atomic E-state index is -6.61. The van der Waals surface area contributed by atoms with Crippen LogP contribution in [0.25, 0.3) is 0 Å². The van der Waals surface area contributed by atoms with Gasteiger partial charge in [0.1, 0.15) is 0 Å². The third kappa shape index (κ3) is 2.74. The van der Waals surface area contributed by atoms with Crippen molar-refractivity contribution in [3.63, 3.8) is 0 Å². The summed E-state index contributed by atoms with van der Waals surface area (Å²) in [4.78, 5) is 24.1. The van der Waals surface area contributed by atoms with Gasteiger partial charge in [0, 0.05) is 12.1 Å². The summed E-state index contributed by atoms with van der Waals surface area (Å²) in [7, 11) is 0. The van der Waals surface area contributed by atoms with E-state index >= 15 is 0 Å². The van der Waals surface area contributed by atoms with Crippen molar-refractivity contribution in [2.75, 3.05) is 13.1 Å². The van der Waals surface area contributed by atoms with Gasteiger partial charge in [-0.2, -0.15) is 30.7 Å². The number of carbonyl (C=O) groups is 2. The topological polar surface area (TPSA) is 46.6 Å². The number of carbonyl (C=O) groups excluding carboxylic acids is 2. The van der Waals surface area contributed by atoms with Crippen molar-refractivity contribution in [3.8, 4) is 0 Å². The molecule has 2 aliphatic heterocycles. The van der Waals surface area contributed by atoms with Gasteiger partial charge in [0.05, 0.1) is 12.1 Å². The second-order valence-electron chi connectivity index (χ2n) is 6.41. The molecule has 1 unspecified atom stereocenters. The molecule has 11 heteroatoms. The highest BCUT2D eigenvalue weighted by atomic mass is 19.4. The summed E-state index contributed by atoms with van der Waals surface area (Å²) in [5.41, 5.74) is -1.15. The first-order valence-corrected chi connectivity index (χ1v) is 7.78. The average molecular weight is 399 g/mol. The Hall–Kier alpha value is -2.33. The molecule has 1 aromatic carbocycles. The molecule has 4 nitrogen and oxygen atoms in total. The predicted molar refractivity (Wildman–Crippen MR) is 75.3 cm³/mol. The molecule has 148 valence electrons. The predicted octanol–water partition coefficient (Wildman–Crippen LogP) is 3.51. The molecule has 0 radical (unpaired) electrons. The summed E-state index contributed by atoms with van der Waals surface area (Å²) >= 11 is 0. The lowest BCUT2D eigenvalue weighted by atomic mass is 9.84. The largest absolute Gasteiger partial charge is 0.460 e. The van der Waals surface area contributed by atoms with Crippen LogP contribution in [-0.2, 0) is 15.1 Å². The molecule has 1 aromatic rings. The van der Waals surface area contributed by atoms with E-state index in [9.17, 15) is 40.3 Å². The Balaban J connectivity index is 1.92. The average Bonchev–Trinajstić information content (AvgIpc) is 2.85. The van der Waals surface area contributed by atoms with E-state index < -0.39 is 48.6 Å². The first-order chi connectivity index (χ1) is 12.3. The van der Waals surface area contributed by atoms with Crippen molar-refractivity contribution < 1.29 is 45.1 Å². The maximum absolute atomic E-state index is 13.8. The van der Waals surface area contributed by atoms with Gasteiger partial charge in [-0.05, 0) is 18.9 Å². The number of hydrogen-bond acceptors (Lipinski definition) is 3. The van der Waals surface area contributed by atoms with E-state index in [1.54, 1.807) is 0 Å². The molecule has 1 amide bonds. The zero-order chi connectivity index (χ0) is 20.3. The summed E-state index contributed by atoms with van der Waals surface area (Å²) in [5.74, 6) is -16.0. The lowest BCUT2D eigenvalue weighted by Crippen LogP contribution is -2.62. The molecule has 0 aromatic heterocycles. The molecule has 1 atom stereocenters. The van der Waals surface area contributed by atoms with Crippen LogP contribution in [0, 0.1) is 0 Å². The fourth-order valence-electron chi connectivity index (χ4n) is 3.36. The maximum Gasteiger partial charge on any atom is 0.460 e. The van der Waals surface area contributed by atoms with Crippen LogP contribution in [0.2, 0.25) is 0 Å². The summed E-state index contributed by atoms with van der Waals surface area (Å²) in [5, 5.41) is 0. The number of amides is 1. The molecule has 0 N–H and O–H groups in total. The van der Waals surface area contributed by atoms with Crippen molar-refractivity contribution in [1.29, 1.82) is 0 Å². The van der Waals surface area contributed by atoms with Crippen molar-refractivity contribution in [2.45, 2.75) is 36.5 Å². The van der Waals surface area contributed by atoms with Gasteiger partial charge < -0.3 is 9.64 Å². The fourth-order valence-corrected chi connectivity index (χ4v) is 3.36. The molecule has 1 spiro atoms. The van der Waals surface area contributed by atoms with Gasteiger partial charge >= 0.3 is 24.0 Å². The van der Waals surface area contributed by atoms with Crippen LogP contribution < -0.4 is 0 Å². The Morgan fingerprint density at radius 2 is 1.70 bits per heavy atom. The Bertz CT molecular complexity index is 792. The molecule has 27 heavy (non-hydrogen) atoms. The smallest absolute Gasteiger partial charge is 0.449 e. The molecule has 1 fully saturated rings. The summed E-state index contributed by atoms with van der Waals surface area (Å²) in [6.45, 7) is -1.21. The molecule has 0 aliphatic carbocycles. The van der Waals surface area contributed by atoms with Crippen LogP contribution in [-0.4, -0.2) is 47.9 Å². The maximum atomic E-state index is 13.8. The molecule has 2 aliphatic rings. The summed E-state index contributed by atoms with van der Waals surface area (Å²) in [6, 6.07) is 5.90. The quantitative estimate of drug-likeness (QED) is 0.565. The first kappa shape index (κ1) is 19.4. The minimum Gasteiger partial charge on any atom is -0.449 e. The van der Waals surface area contributed by atoms with Crippen molar-refractivity contribution in [2.24, 2.45) is 0 Å². The number of fused-ring (bicyclic) bond motifs is 2. The van der Waals surface area contributed by atoms with Gasteiger partial charge in [0.15, 0.2) is 5.60 Å². The Morgan fingerprint density at radius 1 is 1.07 bits per heavy atom. The Labute approximate surface area is 147 Å². The van der Waals surface area contributed by atoms with Crippen LogP contribution in [0.5, 0.6) is 0 Å². The summed E-state index contributed by atoms with van der Waals surface area (Å²) in [6.07, 6.45) is -6.52. The number of likely N-dealkylation sites (tertiary alicyclic amines) is 1. The van der Waals surface area contributed by atoms with E-state index in [2.05, 4.69) is 0 Å². The number of esters is 1. The zero-order valence-electron chi connectivity index (χ0n) is 13.5. The highest BCUT2D eigenvalue weighted by Crippen LogP contribution is 2.49. The number of ether oxygens (including phenoxy) is 1. The second-order valence-corrected chi connectivity index (χ2v) is 6.41. The zero-order valence-corrected chi connectivity index (χ0v) is 13.5. The van der Waals surface area contributed by atoms with Gasteiger partial charge in [0.25, 0.3) is 5.91 Å². The number of alkyl halides is 7. The standard InChI is InChI=1S/C16H12F7NO3/c17-14(18,15(19,20)16(21,22)23)12(26)24-7-3-6-13(8-24)10-5-2-1-4-9(10)11(25)27-13/h1-2,4-5H,3,6-8H2. The van der Waals surface area contributed by atoms with Crippen molar-refractivity contribution in [3.05, 3.63) is 35.4 Å². The van der Waals surface area contributed by atoms with E-state index in [0.717, 1.165) is 0 Å². The lowest BCUT2D eigenvalue weighted by molar-refractivity contribution is -0.346. The molecular formula is C16H12F7NO3. The first-order valence-electron chi connectivity index (χ1n) is 7.78. The minimum absolute atomic E-state index is 0.0268. The van der Waals surface area contributed by atoms with Gasteiger partial charge in [-0.15, -0.1) is 0 Å². The molecule has 1 saturated heterocycles. The van der Waals surface area contributed by atoms with Crippen LogP contribution in [0.3, 0.4) is 0 Å². The number of benzene rings is 1. The van der Waals surface area contributed by atoms with E-state index in [4.69, 9.17) is 4.74 Å². The van der Waals surface area contributed by atoms with E-state index in [-0.39, 0.29) is 28.9 Å². The highest BCUT2D eigenvalue weighted by Gasteiger charge is 2.77. The van der Waals surface area contributed by atoms with Gasteiger partial charge in [-0.1, -0.05) is 18.2 Å². The number of piperidine rings is 1. The monoisotopic (exact) mass is 399 g/mol. The normalized spacial score (nSPS) is 23.4. The molecule has 0 bridgehead atoms. The molecule has 3 rings (SSSR count). The number of rotatable bonds is 2. The summed E-state index contributed by atoms with van der Waals surface area (Å²) < 4.78 is 96.1. The van der Waals surface area contributed by atoms with E-state index in [0.29, 0.717) is 0 Å². The van der Waals surface area contributed by atoms with E-state index in [1.807, 2.05) is 0 Å². The van der Waals surface area contributed by atoms with Crippen LogP contribution >= 0.6 is 0 Å². The van der Waals surface area contributed by atoms with Gasteiger partial charge in [-0.3, -0.25) is 4.79 Å². The SMILES string of the molecule is O=C1OC2(CCCN(C(=O)C(F)(F)C(F)(F)C(F)(F)F)C2)c2ccccc21. The number of halogens is 7. The fraction of sp³-hybridized carbons (Fsp3) is 0.500. The van der Waals surface area contributed by atoms with Crippen molar-refractivity contribution in [1.82, 2.24) is 4.90 Å². The molecular weight excluding hydrogens is 387 g/mol. The highest BCUT2D eigenvalue weighted by molar-refractivity contribution is 5.95. The molecule has 2 heterocycles. The molecule has 0 saturated carbocycles. The van der Waals surface area contributed by atoms with Crippen LogP contribution in [0.15, 0.2) is 24.3 Å². The van der Waals surface area contributed by atoms with E-state index in [1.165, 1.54) is 24.3 Å². The second kappa shape index (κ2) is 5.83.